The summed E-state index contributed by atoms with van der Waals surface area (Å²) in [5.74, 6) is 3.08. The Balaban J connectivity index is 2.32. The van der Waals surface area contributed by atoms with E-state index in [0.717, 1.165) is 36.0 Å². The molecule has 5 heteroatoms. The lowest BCUT2D eigenvalue weighted by Crippen LogP contribution is -1.94. The molecule has 0 aromatic carbocycles. The van der Waals surface area contributed by atoms with Crippen molar-refractivity contribution in [2.45, 2.75) is 26.3 Å². The van der Waals surface area contributed by atoms with Crippen LogP contribution in [0.2, 0.25) is 0 Å². The third-order valence-corrected chi connectivity index (χ3v) is 2.36. The first kappa shape index (κ1) is 10.9. The minimum absolute atomic E-state index is 0.402. The molecular formula is C11H16N4O. The molecule has 0 unspecified atom stereocenters. The third-order valence-electron chi connectivity index (χ3n) is 2.36. The lowest BCUT2D eigenvalue weighted by atomic mass is 10.3. The van der Waals surface area contributed by atoms with Gasteiger partial charge in [-0.05, 0) is 18.6 Å². The van der Waals surface area contributed by atoms with Crippen LogP contribution in [-0.4, -0.2) is 14.8 Å². The van der Waals surface area contributed by atoms with E-state index in [0.29, 0.717) is 6.54 Å². The fraction of sp³-hybridized carbons (Fsp3) is 0.455. The summed E-state index contributed by atoms with van der Waals surface area (Å²) in [6.45, 7) is 2.51. The van der Waals surface area contributed by atoms with Crippen molar-refractivity contribution in [2.24, 2.45) is 12.8 Å². The highest BCUT2D eigenvalue weighted by molar-refractivity contribution is 5.47. The number of aromatic nitrogens is 3. The molecule has 2 aromatic heterocycles. The van der Waals surface area contributed by atoms with Gasteiger partial charge in [0.2, 0.25) is 0 Å². The van der Waals surface area contributed by atoms with E-state index in [1.54, 1.807) is 4.68 Å². The minimum atomic E-state index is 0.402. The lowest BCUT2D eigenvalue weighted by molar-refractivity contribution is 0.518. The van der Waals surface area contributed by atoms with E-state index in [9.17, 15) is 0 Å². The van der Waals surface area contributed by atoms with Crippen LogP contribution in [0.25, 0.3) is 11.6 Å². The SMILES string of the molecule is CCCc1nc(-c2ccc(CN)o2)n(C)n1. The fourth-order valence-corrected chi connectivity index (χ4v) is 1.59. The molecule has 0 fully saturated rings. The van der Waals surface area contributed by atoms with Gasteiger partial charge in [0, 0.05) is 13.5 Å². The molecule has 0 bridgehead atoms. The number of nitrogens with zero attached hydrogens (tertiary/aromatic N) is 3. The molecule has 0 atom stereocenters. The van der Waals surface area contributed by atoms with Crippen LogP contribution in [0, 0.1) is 0 Å². The van der Waals surface area contributed by atoms with Gasteiger partial charge in [0.15, 0.2) is 17.4 Å². The second-order valence-corrected chi connectivity index (χ2v) is 3.70. The van der Waals surface area contributed by atoms with Gasteiger partial charge in [-0.1, -0.05) is 6.92 Å². The molecule has 0 aliphatic carbocycles. The van der Waals surface area contributed by atoms with E-state index in [-0.39, 0.29) is 0 Å². The maximum atomic E-state index is 5.54. The Morgan fingerprint density at radius 1 is 1.44 bits per heavy atom. The van der Waals surface area contributed by atoms with Gasteiger partial charge >= 0.3 is 0 Å². The highest BCUT2D eigenvalue weighted by Crippen LogP contribution is 2.19. The number of hydrogen-bond donors (Lipinski definition) is 1. The van der Waals surface area contributed by atoms with Crippen LogP contribution in [-0.2, 0) is 20.0 Å². The molecule has 2 rings (SSSR count). The van der Waals surface area contributed by atoms with Gasteiger partial charge in [-0.25, -0.2) is 9.67 Å². The summed E-state index contributed by atoms with van der Waals surface area (Å²) < 4.78 is 7.28. The van der Waals surface area contributed by atoms with Crippen molar-refractivity contribution in [2.75, 3.05) is 0 Å². The van der Waals surface area contributed by atoms with Crippen LogP contribution in [0.5, 0.6) is 0 Å². The molecule has 2 heterocycles. The second-order valence-electron chi connectivity index (χ2n) is 3.70. The van der Waals surface area contributed by atoms with Crippen LogP contribution in [0.1, 0.15) is 24.9 Å². The Bertz CT molecular complexity index is 472. The quantitative estimate of drug-likeness (QED) is 0.847. The maximum absolute atomic E-state index is 5.54. The van der Waals surface area contributed by atoms with Crippen molar-refractivity contribution in [3.8, 4) is 11.6 Å². The predicted molar refractivity (Wildman–Crippen MR) is 60.6 cm³/mol. The predicted octanol–water partition coefficient (Wildman–Crippen LogP) is 1.49. The molecule has 0 aliphatic heterocycles. The molecule has 0 amide bonds. The summed E-state index contributed by atoms with van der Waals surface area (Å²) in [5.41, 5.74) is 5.50. The van der Waals surface area contributed by atoms with Gasteiger partial charge < -0.3 is 10.2 Å². The van der Waals surface area contributed by atoms with Crippen LogP contribution >= 0.6 is 0 Å². The molecule has 0 radical (unpaired) electrons. The minimum Gasteiger partial charge on any atom is -0.456 e. The van der Waals surface area contributed by atoms with Crippen molar-refractivity contribution in [3.63, 3.8) is 0 Å². The van der Waals surface area contributed by atoms with Crippen LogP contribution in [0.15, 0.2) is 16.5 Å². The molecule has 2 aromatic rings. The van der Waals surface area contributed by atoms with Gasteiger partial charge in [-0.3, -0.25) is 0 Å². The highest BCUT2D eigenvalue weighted by atomic mass is 16.3. The van der Waals surface area contributed by atoms with Crippen molar-refractivity contribution >= 4 is 0 Å². The maximum Gasteiger partial charge on any atom is 0.194 e. The number of furan rings is 1. The third kappa shape index (κ3) is 1.99. The zero-order valence-corrected chi connectivity index (χ0v) is 9.60. The second kappa shape index (κ2) is 4.49. The standard InChI is InChI=1S/C11H16N4O/c1-3-4-10-13-11(15(2)14-10)9-6-5-8(7-12)16-9/h5-6H,3-4,7,12H2,1-2H3. The number of nitrogens with two attached hydrogens (primary N) is 1. The van der Waals surface area contributed by atoms with E-state index in [1.807, 2.05) is 19.2 Å². The molecule has 0 saturated carbocycles. The van der Waals surface area contributed by atoms with E-state index in [1.165, 1.54) is 0 Å². The molecule has 0 saturated heterocycles. The first-order valence-electron chi connectivity index (χ1n) is 5.43. The van der Waals surface area contributed by atoms with Crippen molar-refractivity contribution in [3.05, 3.63) is 23.7 Å². The molecule has 2 N–H and O–H groups in total. The van der Waals surface area contributed by atoms with Crippen molar-refractivity contribution in [1.82, 2.24) is 14.8 Å². The summed E-state index contributed by atoms with van der Waals surface area (Å²) in [7, 11) is 1.87. The van der Waals surface area contributed by atoms with Gasteiger partial charge in [-0.2, -0.15) is 5.10 Å². The van der Waals surface area contributed by atoms with E-state index in [4.69, 9.17) is 10.2 Å². The first-order valence-corrected chi connectivity index (χ1v) is 5.43. The Morgan fingerprint density at radius 2 is 2.25 bits per heavy atom. The Kier molecular flexibility index (Phi) is 3.05. The number of rotatable bonds is 4. The van der Waals surface area contributed by atoms with E-state index < -0.39 is 0 Å². The summed E-state index contributed by atoms with van der Waals surface area (Å²) in [4.78, 5) is 4.43. The first-order chi connectivity index (χ1) is 7.74. The van der Waals surface area contributed by atoms with Gasteiger partial charge in [0.1, 0.15) is 5.76 Å². The summed E-state index contributed by atoms with van der Waals surface area (Å²) >= 11 is 0. The molecule has 0 aliphatic rings. The zero-order chi connectivity index (χ0) is 11.5. The average molecular weight is 220 g/mol. The summed E-state index contributed by atoms with van der Waals surface area (Å²) in [5, 5.41) is 4.33. The van der Waals surface area contributed by atoms with Gasteiger partial charge in [-0.15, -0.1) is 0 Å². The summed E-state index contributed by atoms with van der Waals surface area (Å²) in [6, 6.07) is 3.74. The fourth-order valence-electron chi connectivity index (χ4n) is 1.59. The van der Waals surface area contributed by atoms with Crippen LogP contribution in [0.3, 0.4) is 0 Å². The van der Waals surface area contributed by atoms with E-state index >= 15 is 0 Å². The average Bonchev–Trinajstić information content (AvgIpc) is 2.85. The summed E-state index contributed by atoms with van der Waals surface area (Å²) in [6.07, 6.45) is 1.92. The van der Waals surface area contributed by atoms with Crippen molar-refractivity contribution in [1.29, 1.82) is 0 Å². The highest BCUT2D eigenvalue weighted by Gasteiger charge is 2.12. The normalized spacial score (nSPS) is 10.9. The van der Waals surface area contributed by atoms with Crippen LogP contribution < -0.4 is 5.73 Å². The zero-order valence-electron chi connectivity index (χ0n) is 9.60. The van der Waals surface area contributed by atoms with E-state index in [2.05, 4.69) is 17.0 Å². The largest absolute Gasteiger partial charge is 0.456 e. The molecule has 16 heavy (non-hydrogen) atoms. The molecule has 0 spiro atoms. The number of aryl methyl sites for hydroxylation is 2. The monoisotopic (exact) mass is 220 g/mol. The van der Waals surface area contributed by atoms with Gasteiger partial charge in [0.25, 0.3) is 0 Å². The Hall–Kier alpha value is -1.62. The number of hydrogen-bond acceptors (Lipinski definition) is 4. The van der Waals surface area contributed by atoms with Gasteiger partial charge in [0.05, 0.1) is 6.54 Å². The van der Waals surface area contributed by atoms with Crippen molar-refractivity contribution < 1.29 is 4.42 Å². The Morgan fingerprint density at radius 3 is 2.88 bits per heavy atom. The smallest absolute Gasteiger partial charge is 0.194 e. The lowest BCUT2D eigenvalue weighted by Gasteiger charge is -1.94. The molecular weight excluding hydrogens is 204 g/mol. The molecule has 86 valence electrons. The molecule has 5 nitrogen and oxygen atoms in total. The topological polar surface area (TPSA) is 69.9 Å². The Labute approximate surface area is 94.3 Å². The van der Waals surface area contributed by atoms with Crippen LogP contribution in [0.4, 0.5) is 0 Å².